The summed E-state index contributed by atoms with van der Waals surface area (Å²) in [6.07, 6.45) is 1.35. The number of rotatable bonds is 4. The van der Waals surface area contributed by atoms with Gasteiger partial charge in [-0.3, -0.25) is 15.0 Å². The summed E-state index contributed by atoms with van der Waals surface area (Å²) in [5.41, 5.74) is 0. The Bertz CT molecular complexity index is 317. The van der Waals surface area contributed by atoms with Crippen molar-refractivity contribution in [3.05, 3.63) is 10.6 Å². The molecular formula is C6H9N3O2S. The van der Waals surface area contributed by atoms with E-state index in [0.717, 1.165) is 0 Å². The van der Waals surface area contributed by atoms with E-state index in [1.807, 2.05) is 0 Å². The zero-order chi connectivity index (χ0) is 8.97. The molecule has 0 amide bonds. The van der Waals surface area contributed by atoms with Crippen LogP contribution in [0.25, 0.3) is 0 Å². The number of hydrogen-bond donors (Lipinski definition) is 3. The molecule has 0 fully saturated rings. The third kappa shape index (κ3) is 2.83. The summed E-state index contributed by atoms with van der Waals surface area (Å²) in [6, 6.07) is 0. The van der Waals surface area contributed by atoms with Gasteiger partial charge in [-0.15, -0.1) is 0 Å². The minimum Gasteiger partial charge on any atom is -0.481 e. The Morgan fingerprint density at radius 3 is 2.83 bits per heavy atom. The van der Waals surface area contributed by atoms with Crippen LogP contribution in [0.4, 0.5) is 0 Å². The van der Waals surface area contributed by atoms with Crippen LogP contribution in [0.2, 0.25) is 0 Å². The van der Waals surface area contributed by atoms with Gasteiger partial charge in [0.05, 0.1) is 0 Å². The SMILES string of the molecule is O=C(O)CCCc1nc(=S)[nH][nH]1. The van der Waals surface area contributed by atoms with E-state index >= 15 is 0 Å². The molecule has 0 aliphatic heterocycles. The molecule has 0 bridgehead atoms. The molecule has 0 aliphatic rings. The molecular weight excluding hydrogens is 178 g/mol. The first-order valence-electron chi connectivity index (χ1n) is 3.54. The highest BCUT2D eigenvalue weighted by Crippen LogP contribution is 1.97. The van der Waals surface area contributed by atoms with Gasteiger partial charge >= 0.3 is 5.97 Å². The van der Waals surface area contributed by atoms with Gasteiger partial charge in [0, 0.05) is 12.8 Å². The van der Waals surface area contributed by atoms with Crippen molar-refractivity contribution in [1.82, 2.24) is 15.2 Å². The Hall–Kier alpha value is -1.17. The van der Waals surface area contributed by atoms with Crippen molar-refractivity contribution in [3.8, 4) is 0 Å². The fourth-order valence-electron chi connectivity index (χ4n) is 0.830. The molecule has 0 aliphatic carbocycles. The maximum Gasteiger partial charge on any atom is 0.303 e. The molecule has 0 aromatic carbocycles. The van der Waals surface area contributed by atoms with Crippen LogP contribution in [0.1, 0.15) is 18.7 Å². The van der Waals surface area contributed by atoms with E-state index in [-0.39, 0.29) is 6.42 Å². The van der Waals surface area contributed by atoms with E-state index in [1.54, 1.807) is 0 Å². The summed E-state index contributed by atoms with van der Waals surface area (Å²) >= 11 is 4.72. The average Bonchev–Trinajstić information content (AvgIpc) is 2.35. The summed E-state index contributed by atoms with van der Waals surface area (Å²) in [4.78, 5) is 14.1. The number of carboxylic acids is 1. The minimum absolute atomic E-state index is 0.160. The third-order valence-corrected chi connectivity index (χ3v) is 1.55. The highest BCUT2D eigenvalue weighted by atomic mass is 32.1. The maximum atomic E-state index is 10.1. The zero-order valence-corrected chi connectivity index (χ0v) is 7.15. The van der Waals surface area contributed by atoms with E-state index in [9.17, 15) is 4.79 Å². The summed E-state index contributed by atoms with van der Waals surface area (Å²) in [5.74, 6) is -0.0783. The van der Waals surface area contributed by atoms with E-state index in [4.69, 9.17) is 17.3 Å². The Balaban J connectivity index is 2.33. The molecule has 0 unspecified atom stereocenters. The van der Waals surface area contributed by atoms with Crippen LogP contribution in [0, 0.1) is 4.77 Å². The molecule has 0 saturated heterocycles. The molecule has 1 heterocycles. The van der Waals surface area contributed by atoms with Crippen LogP contribution < -0.4 is 0 Å². The second-order valence-corrected chi connectivity index (χ2v) is 2.75. The summed E-state index contributed by atoms with van der Waals surface area (Å²) < 4.78 is 0.403. The lowest BCUT2D eigenvalue weighted by Crippen LogP contribution is -1.96. The van der Waals surface area contributed by atoms with E-state index in [1.165, 1.54) is 0 Å². The van der Waals surface area contributed by atoms with Gasteiger partial charge in [-0.2, -0.15) is 0 Å². The zero-order valence-electron chi connectivity index (χ0n) is 6.33. The van der Waals surface area contributed by atoms with Crippen molar-refractivity contribution < 1.29 is 9.90 Å². The number of aryl methyl sites for hydroxylation is 1. The fraction of sp³-hybridized carbons (Fsp3) is 0.500. The van der Waals surface area contributed by atoms with Gasteiger partial charge in [-0.05, 0) is 18.6 Å². The number of aromatic nitrogens is 3. The third-order valence-electron chi connectivity index (χ3n) is 1.35. The van der Waals surface area contributed by atoms with Crippen molar-refractivity contribution in [2.45, 2.75) is 19.3 Å². The number of nitrogens with one attached hydrogen (secondary N) is 2. The predicted molar refractivity (Wildman–Crippen MR) is 44.3 cm³/mol. The molecule has 66 valence electrons. The molecule has 0 spiro atoms. The molecule has 6 heteroatoms. The van der Waals surface area contributed by atoms with Crippen molar-refractivity contribution in [3.63, 3.8) is 0 Å². The lowest BCUT2D eigenvalue weighted by atomic mass is 10.2. The first kappa shape index (κ1) is 8.92. The van der Waals surface area contributed by atoms with Crippen molar-refractivity contribution in [2.24, 2.45) is 0 Å². The molecule has 1 aromatic heterocycles. The van der Waals surface area contributed by atoms with Gasteiger partial charge in [-0.1, -0.05) is 0 Å². The van der Waals surface area contributed by atoms with Gasteiger partial charge in [0.25, 0.3) is 0 Å². The highest BCUT2D eigenvalue weighted by molar-refractivity contribution is 7.71. The largest absolute Gasteiger partial charge is 0.481 e. The van der Waals surface area contributed by atoms with Crippen LogP contribution >= 0.6 is 12.2 Å². The number of carbonyl (C=O) groups is 1. The summed E-state index contributed by atoms with van der Waals surface area (Å²) in [7, 11) is 0. The molecule has 0 atom stereocenters. The number of aliphatic carboxylic acids is 1. The normalized spacial score (nSPS) is 10.0. The molecule has 3 N–H and O–H groups in total. The Kier molecular flexibility index (Phi) is 2.98. The molecule has 12 heavy (non-hydrogen) atoms. The summed E-state index contributed by atoms with van der Waals surface area (Å²) in [6.45, 7) is 0. The van der Waals surface area contributed by atoms with E-state index < -0.39 is 5.97 Å². The molecule has 1 aromatic rings. The second-order valence-electron chi connectivity index (χ2n) is 2.36. The van der Waals surface area contributed by atoms with Crippen LogP contribution in [-0.4, -0.2) is 26.3 Å². The van der Waals surface area contributed by atoms with Crippen molar-refractivity contribution >= 4 is 18.2 Å². The van der Waals surface area contributed by atoms with Crippen molar-refractivity contribution in [1.29, 1.82) is 0 Å². The van der Waals surface area contributed by atoms with Gasteiger partial charge in [0.2, 0.25) is 4.77 Å². The fourth-order valence-corrected chi connectivity index (χ4v) is 0.991. The lowest BCUT2D eigenvalue weighted by molar-refractivity contribution is -0.137. The van der Waals surface area contributed by atoms with Gasteiger partial charge in [0.1, 0.15) is 5.82 Å². The van der Waals surface area contributed by atoms with Gasteiger partial charge in [0.15, 0.2) is 0 Å². The van der Waals surface area contributed by atoms with Gasteiger partial charge in [-0.25, -0.2) is 4.98 Å². The van der Waals surface area contributed by atoms with E-state index in [0.29, 0.717) is 23.4 Å². The van der Waals surface area contributed by atoms with Crippen LogP contribution in [0.3, 0.4) is 0 Å². The summed E-state index contributed by atoms with van der Waals surface area (Å²) in [5, 5.41) is 13.7. The maximum absolute atomic E-state index is 10.1. The number of carboxylic acid groups (broad SMARTS) is 1. The molecule has 0 radical (unpaired) electrons. The Morgan fingerprint density at radius 1 is 1.58 bits per heavy atom. The topological polar surface area (TPSA) is 81.8 Å². The van der Waals surface area contributed by atoms with Crippen molar-refractivity contribution in [2.75, 3.05) is 0 Å². The number of hydrogen-bond acceptors (Lipinski definition) is 3. The monoisotopic (exact) mass is 187 g/mol. The molecule has 0 saturated carbocycles. The quantitative estimate of drug-likeness (QED) is 0.611. The average molecular weight is 187 g/mol. The predicted octanol–water partition coefficient (Wildman–Crippen LogP) is 0.875. The molecule has 5 nitrogen and oxygen atoms in total. The standard InChI is InChI=1S/C6H9N3O2S/c10-5(11)3-1-2-4-7-6(12)9-8-4/h1-3H2,(H,10,11)(H2,7,8,9,12). The first-order valence-corrected chi connectivity index (χ1v) is 3.94. The van der Waals surface area contributed by atoms with Crippen LogP contribution in [0.5, 0.6) is 0 Å². The number of aromatic amines is 2. The smallest absolute Gasteiger partial charge is 0.303 e. The molecule has 1 rings (SSSR count). The number of H-pyrrole nitrogens is 2. The lowest BCUT2D eigenvalue weighted by Gasteiger charge is -1.91. The Labute approximate surface area is 73.8 Å². The van der Waals surface area contributed by atoms with Crippen LogP contribution in [-0.2, 0) is 11.2 Å². The van der Waals surface area contributed by atoms with Crippen LogP contribution in [0.15, 0.2) is 0 Å². The van der Waals surface area contributed by atoms with E-state index in [2.05, 4.69) is 15.2 Å². The Morgan fingerprint density at radius 2 is 2.33 bits per heavy atom. The second kappa shape index (κ2) is 4.01. The first-order chi connectivity index (χ1) is 5.68. The minimum atomic E-state index is -0.788. The number of nitrogens with zero attached hydrogens (tertiary/aromatic N) is 1. The van der Waals surface area contributed by atoms with Gasteiger partial charge < -0.3 is 5.11 Å². The highest BCUT2D eigenvalue weighted by Gasteiger charge is 1.99.